The highest BCUT2D eigenvalue weighted by atomic mass is 35.5. The van der Waals surface area contributed by atoms with Gasteiger partial charge in [0.25, 0.3) is 17.5 Å². The molecule has 0 aliphatic heterocycles. The van der Waals surface area contributed by atoms with Gasteiger partial charge in [-0.05, 0) is 36.5 Å². The number of ether oxygens (including phenoxy) is 1. The smallest absolute Gasteiger partial charge is 0.288 e. The van der Waals surface area contributed by atoms with Crippen molar-refractivity contribution >= 4 is 58.0 Å². The van der Waals surface area contributed by atoms with Crippen LogP contribution in [-0.4, -0.2) is 28.5 Å². The fraction of sp³-hybridized carbons (Fsp3) is 0.0625. The largest absolute Gasteiger partial charge is 0.482 e. The van der Waals surface area contributed by atoms with E-state index in [1.54, 1.807) is 24.3 Å². The van der Waals surface area contributed by atoms with Crippen molar-refractivity contribution in [3.63, 3.8) is 0 Å². The van der Waals surface area contributed by atoms with Gasteiger partial charge in [0.05, 0.1) is 9.95 Å². The van der Waals surface area contributed by atoms with Crippen LogP contribution in [0.25, 0.3) is 0 Å². The fourth-order valence-corrected chi connectivity index (χ4v) is 2.39. The number of nitrogens with one attached hydrogen (secondary N) is 3. The molecule has 0 atom stereocenters. The van der Waals surface area contributed by atoms with E-state index < -0.39 is 22.4 Å². The zero-order valence-electron chi connectivity index (χ0n) is 13.9. The van der Waals surface area contributed by atoms with E-state index in [0.29, 0.717) is 10.8 Å². The average Bonchev–Trinajstić information content (AvgIpc) is 2.65. The summed E-state index contributed by atoms with van der Waals surface area (Å²) >= 11 is 16.5. The minimum absolute atomic E-state index is 0.0337. The van der Waals surface area contributed by atoms with Crippen LogP contribution in [0, 0.1) is 10.1 Å². The summed E-state index contributed by atoms with van der Waals surface area (Å²) in [5, 5.41) is 13.1. The van der Waals surface area contributed by atoms with Crippen LogP contribution in [0.2, 0.25) is 10.0 Å². The first kappa shape index (κ1) is 21.4. The molecule has 2 rings (SSSR count). The number of carbonyl (C=O) groups is 2. The molecule has 0 bridgehead atoms. The molecule has 2 amide bonds. The molecule has 0 saturated carbocycles. The maximum Gasteiger partial charge on any atom is 0.288 e. The molecule has 0 aliphatic rings. The van der Waals surface area contributed by atoms with Crippen molar-refractivity contribution in [3.8, 4) is 5.75 Å². The minimum atomic E-state index is -0.723. The summed E-state index contributed by atoms with van der Waals surface area (Å²) in [4.78, 5) is 34.0. The Labute approximate surface area is 174 Å². The SMILES string of the molecule is O=C(COc1ccccc1Cl)NNC(=S)NC(=O)c1ccc(Cl)c([N+](=O)[O-])c1. The second-order valence-electron chi connectivity index (χ2n) is 5.10. The number of para-hydroxylation sites is 1. The highest BCUT2D eigenvalue weighted by molar-refractivity contribution is 7.80. The molecular formula is C16H12Cl2N4O5S. The Balaban J connectivity index is 1.82. The monoisotopic (exact) mass is 442 g/mol. The highest BCUT2D eigenvalue weighted by Gasteiger charge is 2.17. The Hall–Kier alpha value is -2.95. The molecule has 0 aliphatic carbocycles. The van der Waals surface area contributed by atoms with Crippen LogP contribution < -0.4 is 20.9 Å². The van der Waals surface area contributed by atoms with E-state index in [0.717, 1.165) is 6.07 Å². The molecule has 0 saturated heterocycles. The number of hydrogen-bond donors (Lipinski definition) is 3. The number of thiocarbonyl (C=S) groups is 1. The highest BCUT2D eigenvalue weighted by Crippen LogP contribution is 2.25. The van der Waals surface area contributed by atoms with Crippen molar-refractivity contribution in [1.82, 2.24) is 16.2 Å². The van der Waals surface area contributed by atoms with Gasteiger partial charge in [-0.3, -0.25) is 35.9 Å². The van der Waals surface area contributed by atoms with E-state index in [9.17, 15) is 19.7 Å². The van der Waals surface area contributed by atoms with Crippen LogP contribution in [0.4, 0.5) is 5.69 Å². The Morgan fingerprint density at radius 3 is 2.50 bits per heavy atom. The van der Waals surface area contributed by atoms with Crippen LogP contribution in [0.1, 0.15) is 10.4 Å². The molecule has 3 N–H and O–H groups in total. The number of hydrogen-bond acceptors (Lipinski definition) is 6. The molecule has 2 aromatic rings. The van der Waals surface area contributed by atoms with Gasteiger partial charge < -0.3 is 4.74 Å². The molecule has 0 fully saturated rings. The molecule has 0 radical (unpaired) electrons. The van der Waals surface area contributed by atoms with Gasteiger partial charge in [-0.15, -0.1) is 0 Å². The molecule has 0 spiro atoms. The molecule has 0 aromatic heterocycles. The summed E-state index contributed by atoms with van der Waals surface area (Å²) in [5.74, 6) is -0.975. The molecule has 2 aromatic carbocycles. The third-order valence-corrected chi connectivity index (χ3v) is 3.98. The van der Waals surface area contributed by atoms with Crippen molar-refractivity contribution in [3.05, 3.63) is 68.2 Å². The van der Waals surface area contributed by atoms with Crippen molar-refractivity contribution in [1.29, 1.82) is 0 Å². The number of amides is 2. The number of nitro groups is 1. The maximum absolute atomic E-state index is 12.1. The first-order valence-electron chi connectivity index (χ1n) is 7.49. The summed E-state index contributed by atoms with van der Waals surface area (Å²) in [6.45, 7) is -0.351. The van der Waals surface area contributed by atoms with Crippen LogP contribution >= 0.6 is 35.4 Å². The third-order valence-electron chi connectivity index (χ3n) is 3.14. The van der Waals surface area contributed by atoms with Crippen LogP contribution in [0.3, 0.4) is 0 Å². The Morgan fingerprint density at radius 1 is 1.11 bits per heavy atom. The van der Waals surface area contributed by atoms with E-state index in [2.05, 4.69) is 16.2 Å². The first-order chi connectivity index (χ1) is 13.3. The minimum Gasteiger partial charge on any atom is -0.482 e. The van der Waals surface area contributed by atoms with E-state index >= 15 is 0 Å². The van der Waals surface area contributed by atoms with E-state index in [1.165, 1.54) is 12.1 Å². The van der Waals surface area contributed by atoms with Crippen molar-refractivity contribution in [2.24, 2.45) is 0 Å². The number of carbonyl (C=O) groups excluding carboxylic acids is 2. The molecule has 12 heteroatoms. The third kappa shape index (κ3) is 6.05. The zero-order valence-corrected chi connectivity index (χ0v) is 16.2. The number of rotatable bonds is 5. The van der Waals surface area contributed by atoms with Crippen LogP contribution in [-0.2, 0) is 4.79 Å². The predicted octanol–water partition coefficient (Wildman–Crippen LogP) is 2.62. The van der Waals surface area contributed by atoms with Crippen molar-refractivity contribution < 1.29 is 19.2 Å². The standard InChI is InChI=1S/C16H12Cl2N4O5S/c17-10-6-5-9(7-12(10)22(25)26)15(24)19-16(28)21-20-14(23)8-27-13-4-2-1-3-11(13)18/h1-7H,8H2,(H,20,23)(H2,19,21,24,28). The Bertz CT molecular complexity index is 941. The number of hydrazine groups is 1. The molecular weight excluding hydrogens is 431 g/mol. The Kier molecular flexibility index (Phi) is 7.50. The predicted molar refractivity (Wildman–Crippen MR) is 106 cm³/mol. The lowest BCUT2D eigenvalue weighted by atomic mass is 10.2. The maximum atomic E-state index is 12.1. The zero-order chi connectivity index (χ0) is 20.7. The molecule has 146 valence electrons. The van der Waals surface area contributed by atoms with Crippen molar-refractivity contribution in [2.75, 3.05) is 6.61 Å². The van der Waals surface area contributed by atoms with Gasteiger partial charge in [-0.25, -0.2) is 0 Å². The van der Waals surface area contributed by atoms with Crippen LogP contribution in [0.5, 0.6) is 5.75 Å². The molecule has 28 heavy (non-hydrogen) atoms. The van der Waals surface area contributed by atoms with Gasteiger partial charge in [0.1, 0.15) is 10.8 Å². The lowest BCUT2D eigenvalue weighted by Crippen LogP contribution is -2.49. The van der Waals surface area contributed by atoms with E-state index in [4.69, 9.17) is 40.2 Å². The summed E-state index contributed by atoms with van der Waals surface area (Å²) in [5.41, 5.74) is 4.08. The number of benzene rings is 2. The second-order valence-corrected chi connectivity index (χ2v) is 6.32. The summed E-state index contributed by atoms with van der Waals surface area (Å²) in [6.07, 6.45) is 0. The van der Waals surface area contributed by atoms with Gasteiger partial charge in [0, 0.05) is 11.6 Å². The molecule has 0 unspecified atom stereocenters. The number of nitro benzene ring substituents is 1. The fourth-order valence-electron chi connectivity index (χ4n) is 1.87. The number of halogens is 2. The van der Waals surface area contributed by atoms with Crippen LogP contribution in [0.15, 0.2) is 42.5 Å². The summed E-state index contributed by atoms with van der Waals surface area (Å²) in [7, 11) is 0. The van der Waals surface area contributed by atoms with Gasteiger partial charge >= 0.3 is 0 Å². The average molecular weight is 443 g/mol. The lowest BCUT2D eigenvalue weighted by molar-refractivity contribution is -0.384. The molecule has 0 heterocycles. The van der Waals surface area contributed by atoms with Gasteiger partial charge in [-0.2, -0.15) is 0 Å². The summed E-state index contributed by atoms with van der Waals surface area (Å²) in [6, 6.07) is 10.1. The van der Waals surface area contributed by atoms with Crippen molar-refractivity contribution in [2.45, 2.75) is 0 Å². The van der Waals surface area contributed by atoms with Gasteiger partial charge in [0.15, 0.2) is 11.7 Å². The summed E-state index contributed by atoms with van der Waals surface area (Å²) < 4.78 is 5.24. The lowest BCUT2D eigenvalue weighted by Gasteiger charge is -2.12. The first-order valence-corrected chi connectivity index (χ1v) is 8.66. The topological polar surface area (TPSA) is 123 Å². The molecule has 9 nitrogen and oxygen atoms in total. The van der Waals surface area contributed by atoms with Gasteiger partial charge in [-0.1, -0.05) is 35.3 Å². The second kappa shape index (κ2) is 9.83. The van der Waals surface area contributed by atoms with Gasteiger partial charge in [0.2, 0.25) is 0 Å². The quantitative estimate of drug-likeness (QED) is 0.369. The van der Waals surface area contributed by atoms with E-state index in [-0.39, 0.29) is 22.3 Å². The van der Waals surface area contributed by atoms with E-state index in [1.807, 2.05) is 0 Å². The number of nitrogens with zero attached hydrogens (tertiary/aromatic N) is 1. The Morgan fingerprint density at radius 2 is 1.82 bits per heavy atom. The normalized spacial score (nSPS) is 9.93.